The first-order valence-corrected chi connectivity index (χ1v) is 4.86. The maximum atomic E-state index is 13.4. The van der Waals surface area contributed by atoms with Crippen LogP contribution < -0.4 is 10.5 Å². The van der Waals surface area contributed by atoms with Crippen LogP contribution in [-0.4, -0.2) is 31.5 Å². The van der Waals surface area contributed by atoms with Crippen LogP contribution in [0.2, 0.25) is 0 Å². The van der Waals surface area contributed by atoms with Crippen molar-refractivity contribution in [3.8, 4) is 5.75 Å². The van der Waals surface area contributed by atoms with Crippen LogP contribution in [0.1, 0.15) is 5.56 Å². The topological polar surface area (TPSA) is 55.6 Å². The zero-order valence-electron chi connectivity index (χ0n) is 9.37. The van der Waals surface area contributed by atoms with Gasteiger partial charge in [0.1, 0.15) is 0 Å². The van der Waals surface area contributed by atoms with E-state index >= 15 is 0 Å². The van der Waals surface area contributed by atoms with Crippen molar-refractivity contribution in [2.75, 3.05) is 20.7 Å². The number of amides is 1. The van der Waals surface area contributed by atoms with E-state index in [4.69, 9.17) is 10.5 Å². The van der Waals surface area contributed by atoms with Gasteiger partial charge in [-0.1, -0.05) is 6.07 Å². The second kappa shape index (κ2) is 5.46. The normalized spacial score (nSPS) is 10.0. The minimum Gasteiger partial charge on any atom is -0.481 e. The number of rotatable bonds is 4. The van der Waals surface area contributed by atoms with Crippen LogP contribution in [0.25, 0.3) is 0 Å². The quantitative estimate of drug-likeness (QED) is 0.824. The number of benzene rings is 1. The summed E-state index contributed by atoms with van der Waals surface area (Å²) in [4.78, 5) is 12.6. The van der Waals surface area contributed by atoms with E-state index in [0.29, 0.717) is 5.56 Å². The van der Waals surface area contributed by atoms with E-state index in [9.17, 15) is 9.18 Å². The molecule has 1 rings (SSSR count). The average Bonchev–Trinajstić information content (AvgIpc) is 2.26. The molecule has 0 aromatic heterocycles. The third kappa shape index (κ3) is 3.20. The molecular formula is C11H15FN2O2. The highest BCUT2D eigenvalue weighted by atomic mass is 19.1. The minimum absolute atomic E-state index is 0.0624. The van der Waals surface area contributed by atoms with Crippen LogP contribution in [0.4, 0.5) is 4.39 Å². The van der Waals surface area contributed by atoms with Crippen molar-refractivity contribution < 1.29 is 13.9 Å². The lowest BCUT2D eigenvalue weighted by Crippen LogP contribution is -2.27. The van der Waals surface area contributed by atoms with E-state index in [1.165, 1.54) is 17.0 Å². The molecule has 0 saturated heterocycles. The Morgan fingerprint density at radius 3 is 2.69 bits per heavy atom. The van der Waals surface area contributed by atoms with Crippen LogP contribution in [0.15, 0.2) is 18.2 Å². The van der Waals surface area contributed by atoms with Crippen LogP contribution in [-0.2, 0) is 11.3 Å². The number of nitrogens with two attached hydrogens (primary N) is 1. The fraction of sp³-hybridized carbons (Fsp3) is 0.364. The molecule has 1 aromatic rings. The highest BCUT2D eigenvalue weighted by Crippen LogP contribution is 2.18. The molecule has 1 aromatic carbocycles. The summed E-state index contributed by atoms with van der Waals surface area (Å²) in [5, 5.41) is 0. The zero-order chi connectivity index (χ0) is 12.1. The molecule has 0 bridgehead atoms. The van der Waals surface area contributed by atoms with Crippen LogP contribution in [0.5, 0.6) is 5.75 Å². The Hall–Kier alpha value is -1.62. The zero-order valence-corrected chi connectivity index (χ0v) is 9.37. The fourth-order valence-electron chi connectivity index (χ4n) is 1.06. The van der Waals surface area contributed by atoms with Crippen molar-refractivity contribution in [1.29, 1.82) is 0 Å². The summed E-state index contributed by atoms with van der Waals surface area (Å²) in [7, 11) is 3.22. The van der Waals surface area contributed by atoms with Gasteiger partial charge in [-0.3, -0.25) is 4.79 Å². The minimum atomic E-state index is -0.505. The molecule has 0 spiro atoms. The van der Waals surface area contributed by atoms with E-state index in [2.05, 4.69) is 0 Å². The number of carbonyl (C=O) groups is 1. The summed E-state index contributed by atoms with van der Waals surface area (Å²) in [6.45, 7) is 0.0969. The highest BCUT2D eigenvalue weighted by molar-refractivity contribution is 5.77. The SMILES string of the molecule is CN(C)C(=O)COc1ccc(CN)cc1F. The molecular weight excluding hydrogens is 211 g/mol. The number of hydrogen-bond acceptors (Lipinski definition) is 3. The standard InChI is InChI=1S/C11H15FN2O2/c1-14(2)11(15)7-16-10-4-3-8(6-13)5-9(10)12/h3-5H,6-7,13H2,1-2H3. The molecule has 0 saturated carbocycles. The predicted octanol–water partition coefficient (Wildman–Crippen LogP) is 0.751. The van der Waals surface area contributed by atoms with Crippen molar-refractivity contribution in [2.45, 2.75) is 6.54 Å². The Labute approximate surface area is 93.8 Å². The molecule has 0 aliphatic rings. The molecule has 2 N–H and O–H groups in total. The molecule has 0 fully saturated rings. The lowest BCUT2D eigenvalue weighted by atomic mass is 10.2. The summed E-state index contributed by atoms with van der Waals surface area (Å²) >= 11 is 0. The lowest BCUT2D eigenvalue weighted by molar-refractivity contribution is -0.130. The van der Waals surface area contributed by atoms with Crippen molar-refractivity contribution >= 4 is 5.91 Å². The molecule has 0 radical (unpaired) electrons. The summed E-state index contributed by atoms with van der Waals surface area (Å²) in [6, 6.07) is 4.44. The van der Waals surface area contributed by atoms with Gasteiger partial charge in [-0.25, -0.2) is 4.39 Å². The summed E-state index contributed by atoms with van der Waals surface area (Å²) < 4.78 is 18.4. The van der Waals surface area contributed by atoms with Crippen molar-refractivity contribution in [2.24, 2.45) is 5.73 Å². The van der Waals surface area contributed by atoms with E-state index in [0.717, 1.165) is 0 Å². The molecule has 5 heteroatoms. The third-order valence-corrected chi connectivity index (χ3v) is 2.08. The Kier molecular flexibility index (Phi) is 4.25. The molecule has 0 aliphatic carbocycles. The maximum absolute atomic E-state index is 13.4. The van der Waals surface area contributed by atoms with Gasteiger partial charge in [-0.15, -0.1) is 0 Å². The maximum Gasteiger partial charge on any atom is 0.259 e. The second-order valence-electron chi connectivity index (χ2n) is 3.55. The summed E-state index contributed by atoms with van der Waals surface area (Å²) in [5.41, 5.74) is 6.05. The van der Waals surface area contributed by atoms with Crippen LogP contribution >= 0.6 is 0 Å². The van der Waals surface area contributed by atoms with Crippen molar-refractivity contribution in [3.63, 3.8) is 0 Å². The average molecular weight is 226 g/mol. The Morgan fingerprint density at radius 2 is 2.19 bits per heavy atom. The summed E-state index contributed by atoms with van der Waals surface area (Å²) in [6.07, 6.45) is 0. The van der Waals surface area contributed by atoms with Crippen LogP contribution in [0.3, 0.4) is 0 Å². The first-order valence-electron chi connectivity index (χ1n) is 4.86. The second-order valence-corrected chi connectivity index (χ2v) is 3.55. The number of ether oxygens (including phenoxy) is 1. The predicted molar refractivity (Wildman–Crippen MR) is 58.5 cm³/mol. The number of halogens is 1. The fourth-order valence-corrected chi connectivity index (χ4v) is 1.06. The Balaban J connectivity index is 2.64. The van der Waals surface area contributed by atoms with Crippen LogP contribution in [0, 0.1) is 5.82 Å². The van der Waals surface area contributed by atoms with Gasteiger partial charge in [-0.2, -0.15) is 0 Å². The highest BCUT2D eigenvalue weighted by Gasteiger charge is 2.08. The van der Waals surface area contributed by atoms with Gasteiger partial charge in [0.25, 0.3) is 5.91 Å². The smallest absolute Gasteiger partial charge is 0.259 e. The van der Waals surface area contributed by atoms with Gasteiger partial charge in [0.2, 0.25) is 0 Å². The van der Waals surface area contributed by atoms with E-state index < -0.39 is 5.82 Å². The molecule has 0 aliphatic heterocycles. The monoisotopic (exact) mass is 226 g/mol. The molecule has 1 amide bonds. The van der Waals surface area contributed by atoms with Gasteiger partial charge in [0.05, 0.1) is 0 Å². The number of carbonyl (C=O) groups excluding carboxylic acids is 1. The molecule has 0 heterocycles. The first kappa shape index (κ1) is 12.4. The van der Waals surface area contributed by atoms with Crippen molar-refractivity contribution in [3.05, 3.63) is 29.6 Å². The third-order valence-electron chi connectivity index (χ3n) is 2.08. The van der Waals surface area contributed by atoms with Gasteiger partial charge in [-0.05, 0) is 17.7 Å². The van der Waals surface area contributed by atoms with Crippen molar-refractivity contribution in [1.82, 2.24) is 4.90 Å². The number of likely N-dealkylation sites (N-methyl/N-ethyl adjacent to an activating group) is 1. The molecule has 88 valence electrons. The van der Waals surface area contributed by atoms with Gasteiger partial charge in [0.15, 0.2) is 18.2 Å². The molecule has 0 unspecified atom stereocenters. The Bertz CT molecular complexity index is 380. The van der Waals surface area contributed by atoms with Gasteiger partial charge < -0.3 is 15.4 Å². The summed E-state index contributed by atoms with van der Waals surface area (Å²) in [5.74, 6) is -0.663. The number of hydrogen-bond donors (Lipinski definition) is 1. The van der Waals surface area contributed by atoms with Gasteiger partial charge in [0, 0.05) is 20.6 Å². The Morgan fingerprint density at radius 1 is 1.50 bits per heavy atom. The van der Waals surface area contributed by atoms with E-state index in [1.54, 1.807) is 20.2 Å². The largest absolute Gasteiger partial charge is 0.481 e. The van der Waals surface area contributed by atoms with Gasteiger partial charge >= 0.3 is 0 Å². The first-order chi connectivity index (χ1) is 7.54. The van der Waals surface area contributed by atoms with E-state index in [-0.39, 0.29) is 24.8 Å². The molecule has 4 nitrogen and oxygen atoms in total. The molecule has 0 atom stereocenters. The number of nitrogens with zero attached hydrogens (tertiary/aromatic N) is 1. The molecule has 16 heavy (non-hydrogen) atoms. The van der Waals surface area contributed by atoms with E-state index in [1.807, 2.05) is 0 Å². The lowest BCUT2D eigenvalue weighted by Gasteiger charge is -2.12.